The summed E-state index contributed by atoms with van der Waals surface area (Å²) in [7, 11) is 3.26. The highest BCUT2D eigenvalue weighted by molar-refractivity contribution is 6.30. The summed E-state index contributed by atoms with van der Waals surface area (Å²) in [5, 5.41) is 3.90. The predicted molar refractivity (Wildman–Crippen MR) is 77.4 cm³/mol. The molecule has 108 valence electrons. The molecule has 19 heavy (non-hydrogen) atoms. The summed E-state index contributed by atoms with van der Waals surface area (Å²) < 4.78 is 16.3. The standard InChI is InChI=1S/C14H22ClNO3/c1-5-16-8-11-6-12(15)7-13(18-4)14(11)19-10(2)9-17-3/h6-7,10,16H,5,8-9H2,1-4H3. The summed E-state index contributed by atoms with van der Waals surface area (Å²) in [5.74, 6) is 1.36. The van der Waals surface area contributed by atoms with E-state index < -0.39 is 0 Å². The van der Waals surface area contributed by atoms with E-state index in [2.05, 4.69) is 12.2 Å². The van der Waals surface area contributed by atoms with Crippen LogP contribution < -0.4 is 14.8 Å². The van der Waals surface area contributed by atoms with Crippen LogP contribution in [0.1, 0.15) is 19.4 Å². The fourth-order valence-electron chi connectivity index (χ4n) is 1.77. The number of hydrogen-bond donors (Lipinski definition) is 1. The van der Waals surface area contributed by atoms with E-state index in [-0.39, 0.29) is 6.10 Å². The normalized spacial score (nSPS) is 12.3. The molecule has 0 bridgehead atoms. The largest absolute Gasteiger partial charge is 0.493 e. The summed E-state index contributed by atoms with van der Waals surface area (Å²) in [6.07, 6.45) is -0.0551. The smallest absolute Gasteiger partial charge is 0.166 e. The molecule has 0 amide bonds. The maximum atomic E-state index is 6.09. The van der Waals surface area contributed by atoms with Gasteiger partial charge in [-0.2, -0.15) is 0 Å². The molecule has 1 unspecified atom stereocenters. The minimum atomic E-state index is -0.0551. The van der Waals surface area contributed by atoms with E-state index in [9.17, 15) is 0 Å². The number of nitrogens with one attached hydrogen (secondary N) is 1. The monoisotopic (exact) mass is 287 g/mol. The molecule has 0 aliphatic carbocycles. The third-order valence-corrected chi connectivity index (χ3v) is 2.82. The number of rotatable bonds is 8. The van der Waals surface area contributed by atoms with E-state index in [0.29, 0.717) is 23.9 Å². The van der Waals surface area contributed by atoms with Crippen LogP contribution in [0.2, 0.25) is 5.02 Å². The van der Waals surface area contributed by atoms with Gasteiger partial charge in [0.25, 0.3) is 0 Å². The molecule has 0 spiro atoms. The summed E-state index contributed by atoms with van der Waals surface area (Å²) in [5.41, 5.74) is 0.981. The number of methoxy groups -OCH3 is 2. The molecule has 5 heteroatoms. The maximum Gasteiger partial charge on any atom is 0.166 e. The van der Waals surface area contributed by atoms with Crippen molar-refractivity contribution in [2.75, 3.05) is 27.4 Å². The van der Waals surface area contributed by atoms with Gasteiger partial charge in [-0.15, -0.1) is 0 Å². The topological polar surface area (TPSA) is 39.7 Å². The molecule has 0 fully saturated rings. The molecule has 0 aromatic heterocycles. The van der Waals surface area contributed by atoms with Crippen molar-refractivity contribution in [1.29, 1.82) is 0 Å². The molecule has 1 atom stereocenters. The molecule has 1 N–H and O–H groups in total. The zero-order chi connectivity index (χ0) is 14.3. The molecule has 0 aliphatic heterocycles. The third-order valence-electron chi connectivity index (χ3n) is 2.60. The van der Waals surface area contributed by atoms with Crippen molar-refractivity contribution in [1.82, 2.24) is 5.32 Å². The SMILES string of the molecule is CCNCc1cc(Cl)cc(OC)c1OC(C)COC. The van der Waals surface area contributed by atoms with Gasteiger partial charge in [-0.1, -0.05) is 18.5 Å². The van der Waals surface area contributed by atoms with Crippen molar-refractivity contribution >= 4 is 11.6 Å². The first-order chi connectivity index (χ1) is 9.12. The lowest BCUT2D eigenvalue weighted by Gasteiger charge is -2.20. The Labute approximate surface area is 120 Å². The van der Waals surface area contributed by atoms with Crippen LogP contribution in [-0.4, -0.2) is 33.5 Å². The highest BCUT2D eigenvalue weighted by Gasteiger charge is 2.15. The molecule has 4 nitrogen and oxygen atoms in total. The molecule has 0 saturated heterocycles. The predicted octanol–water partition coefficient (Wildman–Crippen LogP) is 2.87. The fraction of sp³-hybridized carbons (Fsp3) is 0.571. The van der Waals surface area contributed by atoms with Crippen molar-refractivity contribution in [2.24, 2.45) is 0 Å². The van der Waals surface area contributed by atoms with Crippen LogP contribution >= 0.6 is 11.6 Å². The minimum Gasteiger partial charge on any atom is -0.493 e. The zero-order valence-electron chi connectivity index (χ0n) is 12.0. The van der Waals surface area contributed by atoms with Crippen molar-refractivity contribution in [3.05, 3.63) is 22.7 Å². The van der Waals surface area contributed by atoms with Crippen molar-refractivity contribution < 1.29 is 14.2 Å². The Morgan fingerprint density at radius 2 is 2.05 bits per heavy atom. The minimum absolute atomic E-state index is 0.0551. The van der Waals surface area contributed by atoms with Gasteiger partial charge in [-0.3, -0.25) is 0 Å². The Morgan fingerprint density at radius 1 is 1.32 bits per heavy atom. The van der Waals surface area contributed by atoms with E-state index in [1.54, 1.807) is 20.3 Å². The average molecular weight is 288 g/mol. The van der Waals surface area contributed by atoms with Gasteiger partial charge < -0.3 is 19.5 Å². The fourth-order valence-corrected chi connectivity index (χ4v) is 2.00. The lowest BCUT2D eigenvalue weighted by atomic mass is 10.1. The Morgan fingerprint density at radius 3 is 2.63 bits per heavy atom. The van der Waals surface area contributed by atoms with Crippen LogP contribution in [0.5, 0.6) is 11.5 Å². The zero-order valence-corrected chi connectivity index (χ0v) is 12.7. The van der Waals surface area contributed by atoms with Crippen LogP contribution in [0.4, 0.5) is 0 Å². The maximum absolute atomic E-state index is 6.09. The van der Waals surface area contributed by atoms with Gasteiger partial charge >= 0.3 is 0 Å². The molecule has 1 aromatic carbocycles. The van der Waals surface area contributed by atoms with Crippen molar-refractivity contribution in [2.45, 2.75) is 26.5 Å². The number of hydrogen-bond acceptors (Lipinski definition) is 4. The second-order valence-corrected chi connectivity index (χ2v) is 4.70. The first-order valence-electron chi connectivity index (χ1n) is 6.35. The van der Waals surface area contributed by atoms with Crippen LogP contribution in [0.3, 0.4) is 0 Å². The van der Waals surface area contributed by atoms with E-state index in [4.69, 9.17) is 25.8 Å². The van der Waals surface area contributed by atoms with Crippen molar-refractivity contribution in [3.8, 4) is 11.5 Å². The summed E-state index contributed by atoms with van der Waals surface area (Å²) in [4.78, 5) is 0. The first-order valence-corrected chi connectivity index (χ1v) is 6.72. The second-order valence-electron chi connectivity index (χ2n) is 4.26. The van der Waals surface area contributed by atoms with Crippen LogP contribution in [0.15, 0.2) is 12.1 Å². The van der Waals surface area contributed by atoms with Crippen LogP contribution in [0.25, 0.3) is 0 Å². The van der Waals surface area contributed by atoms with Gasteiger partial charge in [0.2, 0.25) is 0 Å². The number of ether oxygens (including phenoxy) is 3. The van der Waals surface area contributed by atoms with Crippen molar-refractivity contribution in [3.63, 3.8) is 0 Å². The first kappa shape index (κ1) is 16.1. The number of benzene rings is 1. The Balaban J connectivity index is 3.01. The molecule has 1 aromatic rings. The highest BCUT2D eigenvalue weighted by atomic mass is 35.5. The molecule has 0 saturated carbocycles. The van der Waals surface area contributed by atoms with Crippen LogP contribution in [0, 0.1) is 0 Å². The van der Waals surface area contributed by atoms with Gasteiger partial charge in [0.1, 0.15) is 6.10 Å². The van der Waals surface area contributed by atoms with Gasteiger partial charge in [0.05, 0.1) is 13.7 Å². The Kier molecular flexibility index (Phi) is 6.99. The quantitative estimate of drug-likeness (QED) is 0.798. The molecule has 0 heterocycles. The van der Waals surface area contributed by atoms with E-state index in [1.165, 1.54) is 0 Å². The van der Waals surface area contributed by atoms with Gasteiger partial charge in [0, 0.05) is 30.3 Å². The lowest BCUT2D eigenvalue weighted by Crippen LogP contribution is -2.20. The molecule has 1 rings (SSSR count). The molecular formula is C14H22ClNO3. The lowest BCUT2D eigenvalue weighted by molar-refractivity contribution is 0.0892. The van der Waals surface area contributed by atoms with E-state index in [1.807, 2.05) is 13.0 Å². The van der Waals surface area contributed by atoms with Gasteiger partial charge in [-0.05, 0) is 19.5 Å². The Bertz CT molecular complexity index is 399. The number of halogens is 1. The molecular weight excluding hydrogens is 266 g/mol. The summed E-state index contributed by atoms with van der Waals surface area (Å²) in [6, 6.07) is 3.65. The average Bonchev–Trinajstić information content (AvgIpc) is 2.38. The molecule has 0 radical (unpaired) electrons. The van der Waals surface area contributed by atoms with Crippen LogP contribution in [-0.2, 0) is 11.3 Å². The summed E-state index contributed by atoms with van der Waals surface area (Å²) in [6.45, 7) is 6.08. The third kappa shape index (κ3) is 4.90. The molecule has 0 aliphatic rings. The van der Waals surface area contributed by atoms with Gasteiger partial charge in [-0.25, -0.2) is 0 Å². The summed E-state index contributed by atoms with van der Waals surface area (Å²) >= 11 is 6.09. The second kappa shape index (κ2) is 8.25. The van der Waals surface area contributed by atoms with E-state index >= 15 is 0 Å². The Hall–Kier alpha value is -0.970. The van der Waals surface area contributed by atoms with E-state index in [0.717, 1.165) is 17.9 Å². The van der Waals surface area contributed by atoms with Gasteiger partial charge in [0.15, 0.2) is 11.5 Å². The highest BCUT2D eigenvalue weighted by Crippen LogP contribution is 2.35.